The number of rotatable bonds is 7. The Balaban J connectivity index is 2.46. The second-order valence-electron chi connectivity index (χ2n) is 4.11. The summed E-state index contributed by atoms with van der Waals surface area (Å²) in [5, 5.41) is 12.2. The fraction of sp³-hybridized carbons (Fsp3) is 0.538. The monoisotopic (exact) mass is 301 g/mol. The van der Waals surface area contributed by atoms with Crippen LogP contribution in [0.4, 0.5) is 0 Å². The molecule has 0 aromatic heterocycles. The lowest BCUT2D eigenvalue weighted by Crippen LogP contribution is -2.25. The van der Waals surface area contributed by atoms with Gasteiger partial charge >= 0.3 is 0 Å². The third kappa shape index (κ3) is 5.06. The first kappa shape index (κ1) is 14.5. The van der Waals surface area contributed by atoms with Crippen molar-refractivity contribution in [1.29, 1.82) is 0 Å². The Hall–Kier alpha value is -0.580. The number of aliphatic hydroxyl groups is 1. The molecule has 0 saturated heterocycles. The van der Waals surface area contributed by atoms with E-state index in [0.29, 0.717) is 6.04 Å². The second-order valence-corrected chi connectivity index (χ2v) is 4.96. The van der Waals surface area contributed by atoms with Crippen LogP contribution in [0.15, 0.2) is 22.7 Å². The minimum atomic E-state index is 0.262. The molecule has 0 aliphatic rings. The van der Waals surface area contributed by atoms with Gasteiger partial charge in [0.25, 0.3) is 0 Å². The summed E-state index contributed by atoms with van der Waals surface area (Å²) in [4.78, 5) is 0. The zero-order valence-electron chi connectivity index (χ0n) is 10.4. The summed E-state index contributed by atoms with van der Waals surface area (Å²) in [5.41, 5.74) is 1.21. The number of benzene rings is 1. The lowest BCUT2D eigenvalue weighted by Gasteiger charge is -2.14. The van der Waals surface area contributed by atoms with E-state index < -0.39 is 0 Å². The third-order valence-corrected chi connectivity index (χ3v) is 3.43. The van der Waals surface area contributed by atoms with Gasteiger partial charge in [0.15, 0.2) is 0 Å². The molecule has 0 aliphatic heterocycles. The molecule has 1 aromatic carbocycles. The number of nitrogens with one attached hydrogen (secondary N) is 1. The molecular formula is C13H20BrNO2. The molecular weight excluding hydrogens is 282 g/mol. The number of hydrogen-bond acceptors (Lipinski definition) is 3. The highest BCUT2D eigenvalue weighted by Gasteiger charge is 2.04. The predicted molar refractivity (Wildman–Crippen MR) is 73.3 cm³/mol. The van der Waals surface area contributed by atoms with E-state index in [4.69, 9.17) is 9.84 Å². The van der Waals surface area contributed by atoms with Crippen LogP contribution in [0, 0.1) is 0 Å². The highest BCUT2D eigenvalue weighted by molar-refractivity contribution is 9.10. The zero-order chi connectivity index (χ0) is 12.7. The molecule has 1 unspecified atom stereocenters. The molecule has 1 aromatic rings. The van der Waals surface area contributed by atoms with E-state index in [1.807, 2.05) is 12.1 Å². The van der Waals surface area contributed by atoms with Crippen molar-refractivity contribution < 1.29 is 9.84 Å². The van der Waals surface area contributed by atoms with Crippen molar-refractivity contribution in [1.82, 2.24) is 5.32 Å². The van der Waals surface area contributed by atoms with Crippen molar-refractivity contribution in [3.8, 4) is 5.75 Å². The molecule has 4 heteroatoms. The molecule has 0 radical (unpaired) electrons. The van der Waals surface area contributed by atoms with Gasteiger partial charge in [0.05, 0.1) is 7.11 Å². The van der Waals surface area contributed by atoms with Gasteiger partial charge in [-0.2, -0.15) is 0 Å². The summed E-state index contributed by atoms with van der Waals surface area (Å²) in [6, 6.07) is 6.39. The van der Waals surface area contributed by atoms with Crippen LogP contribution in [0.1, 0.15) is 25.3 Å². The first-order chi connectivity index (χ1) is 8.17. The molecule has 1 rings (SSSR count). The number of halogens is 1. The Kier molecular flexibility index (Phi) is 6.55. The van der Waals surface area contributed by atoms with E-state index in [-0.39, 0.29) is 6.61 Å². The van der Waals surface area contributed by atoms with Crippen molar-refractivity contribution in [2.45, 2.75) is 32.4 Å². The summed E-state index contributed by atoms with van der Waals surface area (Å²) in [5.74, 6) is 0.856. The normalized spacial score (nSPS) is 12.5. The summed E-state index contributed by atoms with van der Waals surface area (Å²) in [6.45, 7) is 3.21. The fourth-order valence-corrected chi connectivity index (χ4v) is 2.08. The molecule has 1 atom stereocenters. The van der Waals surface area contributed by atoms with Crippen LogP contribution >= 0.6 is 15.9 Å². The van der Waals surface area contributed by atoms with Gasteiger partial charge in [0, 0.05) is 23.7 Å². The highest BCUT2D eigenvalue weighted by Crippen LogP contribution is 2.22. The number of aliphatic hydroxyl groups excluding tert-OH is 1. The van der Waals surface area contributed by atoms with Gasteiger partial charge in [0.1, 0.15) is 5.75 Å². The molecule has 3 nitrogen and oxygen atoms in total. The molecule has 2 N–H and O–H groups in total. The van der Waals surface area contributed by atoms with Crippen molar-refractivity contribution in [3.05, 3.63) is 28.2 Å². The minimum absolute atomic E-state index is 0.262. The average Bonchev–Trinajstić information content (AvgIpc) is 2.34. The minimum Gasteiger partial charge on any atom is -0.497 e. The van der Waals surface area contributed by atoms with Gasteiger partial charge in [-0.05, 0) is 37.5 Å². The quantitative estimate of drug-likeness (QED) is 0.814. The maximum absolute atomic E-state index is 8.75. The van der Waals surface area contributed by atoms with Crippen molar-refractivity contribution in [3.63, 3.8) is 0 Å². The zero-order valence-corrected chi connectivity index (χ0v) is 12.0. The predicted octanol–water partition coefficient (Wildman–Crippen LogP) is 2.71. The van der Waals surface area contributed by atoms with Gasteiger partial charge in [-0.15, -0.1) is 0 Å². The lowest BCUT2D eigenvalue weighted by molar-refractivity contribution is 0.276. The summed E-state index contributed by atoms with van der Waals surface area (Å²) in [7, 11) is 1.66. The van der Waals surface area contributed by atoms with Crippen LogP contribution in [-0.4, -0.2) is 24.9 Å². The standard InChI is InChI=1S/C13H20BrNO2/c1-10(4-3-7-16)15-9-11-5-6-12(17-2)8-13(11)14/h5-6,8,10,15-16H,3-4,7,9H2,1-2H3. The van der Waals surface area contributed by atoms with Gasteiger partial charge in [-0.25, -0.2) is 0 Å². The number of methoxy groups -OCH3 is 1. The number of hydrogen-bond donors (Lipinski definition) is 2. The highest BCUT2D eigenvalue weighted by atomic mass is 79.9. The number of ether oxygens (including phenoxy) is 1. The Labute approximate surface area is 111 Å². The van der Waals surface area contributed by atoms with E-state index in [9.17, 15) is 0 Å². The maximum Gasteiger partial charge on any atom is 0.120 e. The molecule has 96 valence electrons. The SMILES string of the molecule is COc1ccc(CNC(C)CCCO)c(Br)c1. The second kappa shape index (κ2) is 7.69. The molecule has 0 amide bonds. The van der Waals surface area contributed by atoms with Crippen LogP contribution in [0.3, 0.4) is 0 Å². The topological polar surface area (TPSA) is 41.5 Å². The van der Waals surface area contributed by atoms with E-state index in [1.54, 1.807) is 7.11 Å². The average molecular weight is 302 g/mol. The van der Waals surface area contributed by atoms with Crippen LogP contribution < -0.4 is 10.1 Å². The third-order valence-electron chi connectivity index (χ3n) is 2.70. The Morgan fingerprint density at radius 3 is 2.82 bits per heavy atom. The van der Waals surface area contributed by atoms with Crippen LogP contribution in [-0.2, 0) is 6.54 Å². The Bertz CT molecular complexity index is 344. The van der Waals surface area contributed by atoms with E-state index >= 15 is 0 Å². The first-order valence-corrected chi connectivity index (χ1v) is 6.63. The Morgan fingerprint density at radius 1 is 1.47 bits per heavy atom. The fourth-order valence-electron chi connectivity index (χ4n) is 1.58. The van der Waals surface area contributed by atoms with Crippen LogP contribution in [0.5, 0.6) is 5.75 Å². The molecule has 17 heavy (non-hydrogen) atoms. The van der Waals surface area contributed by atoms with Crippen molar-refractivity contribution >= 4 is 15.9 Å². The van der Waals surface area contributed by atoms with Gasteiger partial charge < -0.3 is 15.2 Å². The summed E-state index contributed by atoms with van der Waals surface area (Å²) >= 11 is 3.53. The van der Waals surface area contributed by atoms with Gasteiger partial charge in [-0.1, -0.05) is 22.0 Å². The molecule has 0 spiro atoms. The molecule has 0 heterocycles. The molecule has 0 fully saturated rings. The van der Waals surface area contributed by atoms with Crippen LogP contribution in [0.2, 0.25) is 0 Å². The van der Waals surface area contributed by atoms with E-state index in [1.165, 1.54) is 5.56 Å². The van der Waals surface area contributed by atoms with E-state index in [2.05, 4.69) is 34.2 Å². The first-order valence-electron chi connectivity index (χ1n) is 5.84. The summed E-state index contributed by atoms with van der Waals surface area (Å²) < 4.78 is 6.20. The largest absolute Gasteiger partial charge is 0.497 e. The molecule has 0 aliphatic carbocycles. The molecule has 0 saturated carbocycles. The van der Waals surface area contributed by atoms with Crippen molar-refractivity contribution in [2.75, 3.05) is 13.7 Å². The van der Waals surface area contributed by atoms with E-state index in [0.717, 1.165) is 29.6 Å². The van der Waals surface area contributed by atoms with Crippen LogP contribution in [0.25, 0.3) is 0 Å². The van der Waals surface area contributed by atoms with Gasteiger partial charge in [-0.3, -0.25) is 0 Å². The van der Waals surface area contributed by atoms with Gasteiger partial charge in [0.2, 0.25) is 0 Å². The smallest absolute Gasteiger partial charge is 0.120 e. The summed E-state index contributed by atoms with van der Waals surface area (Å²) in [6.07, 6.45) is 1.84. The maximum atomic E-state index is 8.75. The lowest BCUT2D eigenvalue weighted by atomic mass is 10.1. The molecule has 0 bridgehead atoms. The van der Waals surface area contributed by atoms with Crippen molar-refractivity contribution in [2.24, 2.45) is 0 Å². The Morgan fingerprint density at radius 2 is 2.24 bits per heavy atom.